The Bertz CT molecular complexity index is 1480. The Labute approximate surface area is 242 Å². The lowest BCUT2D eigenvalue weighted by atomic mass is 10.1. The second kappa shape index (κ2) is 15.8. The normalized spacial score (nSPS) is 11.1. The summed E-state index contributed by atoms with van der Waals surface area (Å²) in [6.07, 6.45) is 3.07. The lowest BCUT2D eigenvalue weighted by Crippen LogP contribution is -2.25. The van der Waals surface area contributed by atoms with Crippen LogP contribution in [0.4, 0.5) is 14.6 Å². The van der Waals surface area contributed by atoms with E-state index in [1.165, 1.54) is 18.5 Å². The molecule has 0 aliphatic rings. The number of nitrogens with two attached hydrogens (primary N) is 1. The van der Waals surface area contributed by atoms with Crippen molar-refractivity contribution in [2.45, 2.75) is 20.4 Å². The maximum Gasteiger partial charge on any atom is 0.258 e. The number of halogens is 2. The molecular weight excluding hydrogens is 546 g/mol. The molecular formula is C30H32F2N6O2S. The predicted octanol–water partition coefficient (Wildman–Crippen LogP) is 5.90. The molecule has 4 N–H and O–H groups in total. The molecule has 0 saturated heterocycles. The molecule has 41 heavy (non-hydrogen) atoms. The van der Waals surface area contributed by atoms with Gasteiger partial charge in [0, 0.05) is 35.1 Å². The number of hydrogen-bond donors (Lipinski definition) is 3. The smallest absolute Gasteiger partial charge is 0.258 e. The highest BCUT2D eigenvalue weighted by Crippen LogP contribution is 2.30. The SMILES string of the molecule is CCNC(=O)c1c(OCC)ccnc1NCc1ccc(-c2cccc(C(N)=NC=NC)c2)s1.Fc1ccccc1F. The highest BCUT2D eigenvalue weighted by molar-refractivity contribution is 7.15. The Morgan fingerprint density at radius 3 is 2.49 bits per heavy atom. The molecule has 0 unspecified atom stereocenters. The summed E-state index contributed by atoms with van der Waals surface area (Å²) in [5.74, 6) is -0.394. The fourth-order valence-electron chi connectivity index (χ4n) is 3.59. The van der Waals surface area contributed by atoms with Crippen LogP contribution in [0.1, 0.15) is 34.6 Å². The van der Waals surface area contributed by atoms with Crippen LogP contribution in [0.25, 0.3) is 10.4 Å². The molecule has 1 amide bonds. The number of aromatic nitrogens is 1. The summed E-state index contributed by atoms with van der Waals surface area (Å²) in [6.45, 7) is 5.26. The first kappa shape index (κ1) is 30.9. The van der Waals surface area contributed by atoms with Crippen molar-refractivity contribution >= 4 is 35.2 Å². The molecule has 214 valence electrons. The third-order valence-electron chi connectivity index (χ3n) is 5.45. The number of benzene rings is 2. The average Bonchev–Trinajstić information content (AvgIpc) is 3.46. The van der Waals surface area contributed by atoms with Gasteiger partial charge in [-0.2, -0.15) is 0 Å². The molecule has 0 aliphatic heterocycles. The summed E-state index contributed by atoms with van der Waals surface area (Å²) in [6, 6.07) is 18.8. The highest BCUT2D eigenvalue weighted by atomic mass is 32.1. The van der Waals surface area contributed by atoms with Gasteiger partial charge in [-0.05, 0) is 55.8 Å². The van der Waals surface area contributed by atoms with E-state index < -0.39 is 11.6 Å². The summed E-state index contributed by atoms with van der Waals surface area (Å²) >= 11 is 1.65. The van der Waals surface area contributed by atoms with Crippen LogP contribution in [0.5, 0.6) is 5.75 Å². The molecule has 0 aliphatic carbocycles. The van der Waals surface area contributed by atoms with Crippen LogP contribution in [-0.2, 0) is 6.54 Å². The first-order valence-electron chi connectivity index (χ1n) is 12.8. The number of nitrogens with one attached hydrogen (secondary N) is 2. The van der Waals surface area contributed by atoms with E-state index in [1.807, 2.05) is 38.1 Å². The molecule has 4 rings (SSSR count). The Kier molecular flexibility index (Phi) is 11.9. The summed E-state index contributed by atoms with van der Waals surface area (Å²) in [4.78, 5) is 27.1. The molecule has 0 radical (unpaired) electrons. The number of amidine groups is 1. The second-order valence-electron chi connectivity index (χ2n) is 8.33. The standard InChI is InChI=1S/C24H28N6O2S.C6H4F2/c1-4-27-24(31)21-19(32-5-2)11-12-28-23(21)29-14-18-9-10-20(33-18)16-7-6-8-17(13-16)22(25)30-15-26-3;7-5-3-1-2-4-6(5)8/h6-13,15H,4-5,14H2,1-3H3,(H,27,31)(H,28,29)(H2,25,26,30);1-4H. The zero-order valence-corrected chi connectivity index (χ0v) is 23.8. The van der Waals surface area contributed by atoms with Crippen molar-refractivity contribution in [2.24, 2.45) is 15.7 Å². The van der Waals surface area contributed by atoms with Gasteiger partial charge in [-0.3, -0.25) is 9.79 Å². The Morgan fingerprint density at radius 2 is 1.83 bits per heavy atom. The molecule has 2 aromatic carbocycles. The lowest BCUT2D eigenvalue weighted by molar-refractivity contribution is 0.0952. The maximum atomic E-state index is 12.6. The molecule has 2 aromatic heterocycles. The van der Waals surface area contributed by atoms with Gasteiger partial charge < -0.3 is 21.1 Å². The zero-order chi connectivity index (χ0) is 29.6. The Balaban J connectivity index is 0.000000496. The van der Waals surface area contributed by atoms with Gasteiger partial charge in [0.15, 0.2) is 11.6 Å². The number of thiophene rings is 1. The number of ether oxygens (including phenoxy) is 1. The van der Waals surface area contributed by atoms with Crippen molar-refractivity contribution < 1.29 is 18.3 Å². The first-order valence-corrected chi connectivity index (χ1v) is 13.7. The minimum Gasteiger partial charge on any atom is -0.493 e. The van der Waals surface area contributed by atoms with Crippen LogP contribution in [0.2, 0.25) is 0 Å². The summed E-state index contributed by atoms with van der Waals surface area (Å²) in [5, 5.41) is 6.12. The third-order valence-corrected chi connectivity index (χ3v) is 6.58. The third kappa shape index (κ3) is 8.94. The van der Waals surface area contributed by atoms with Crippen molar-refractivity contribution in [3.63, 3.8) is 0 Å². The zero-order valence-electron chi connectivity index (χ0n) is 23.0. The number of pyridine rings is 1. The summed E-state index contributed by atoms with van der Waals surface area (Å²) in [5.41, 5.74) is 8.34. The van der Waals surface area contributed by atoms with E-state index in [0.717, 1.165) is 33.0 Å². The number of hydrogen-bond acceptors (Lipinski definition) is 6. The number of anilines is 1. The molecule has 4 aromatic rings. The van der Waals surface area contributed by atoms with Gasteiger partial charge >= 0.3 is 0 Å². The molecule has 11 heteroatoms. The fraction of sp³-hybridized carbons (Fsp3) is 0.200. The van der Waals surface area contributed by atoms with E-state index in [-0.39, 0.29) is 5.91 Å². The quantitative estimate of drug-likeness (QED) is 0.160. The summed E-state index contributed by atoms with van der Waals surface area (Å²) < 4.78 is 29.5. The molecule has 0 bridgehead atoms. The number of carbonyl (C=O) groups is 1. The van der Waals surface area contributed by atoms with Crippen LogP contribution in [-0.4, -0.2) is 43.3 Å². The van der Waals surface area contributed by atoms with E-state index in [1.54, 1.807) is 30.6 Å². The minimum absolute atomic E-state index is 0.215. The molecule has 0 spiro atoms. The average molecular weight is 579 g/mol. The number of amides is 1. The topological polar surface area (TPSA) is 114 Å². The summed E-state index contributed by atoms with van der Waals surface area (Å²) in [7, 11) is 1.65. The van der Waals surface area contributed by atoms with Crippen molar-refractivity contribution in [2.75, 3.05) is 25.5 Å². The van der Waals surface area contributed by atoms with Crippen molar-refractivity contribution in [3.8, 4) is 16.2 Å². The Hall–Kier alpha value is -4.64. The van der Waals surface area contributed by atoms with E-state index in [9.17, 15) is 13.6 Å². The van der Waals surface area contributed by atoms with Crippen LogP contribution in [0, 0.1) is 11.6 Å². The van der Waals surface area contributed by atoms with Crippen molar-refractivity contribution in [1.29, 1.82) is 0 Å². The Morgan fingerprint density at radius 1 is 1.07 bits per heavy atom. The van der Waals surface area contributed by atoms with Crippen LogP contribution in [0.3, 0.4) is 0 Å². The highest BCUT2D eigenvalue weighted by Gasteiger charge is 2.18. The molecule has 0 fully saturated rings. The molecule has 8 nitrogen and oxygen atoms in total. The number of carbonyl (C=O) groups excluding carboxylic acids is 1. The second-order valence-corrected chi connectivity index (χ2v) is 9.50. The molecule has 0 atom stereocenters. The van der Waals surface area contributed by atoms with E-state index in [4.69, 9.17) is 10.5 Å². The minimum atomic E-state index is -0.799. The maximum absolute atomic E-state index is 12.6. The van der Waals surface area contributed by atoms with Gasteiger partial charge in [0.2, 0.25) is 0 Å². The van der Waals surface area contributed by atoms with Gasteiger partial charge in [0.05, 0.1) is 13.2 Å². The van der Waals surface area contributed by atoms with Gasteiger partial charge in [-0.1, -0.05) is 30.3 Å². The molecule has 2 heterocycles. The van der Waals surface area contributed by atoms with E-state index in [0.29, 0.717) is 42.7 Å². The van der Waals surface area contributed by atoms with Crippen molar-refractivity contribution in [1.82, 2.24) is 10.3 Å². The fourth-order valence-corrected chi connectivity index (χ4v) is 4.53. The first-order chi connectivity index (χ1) is 19.9. The van der Waals surface area contributed by atoms with Crippen molar-refractivity contribution in [3.05, 3.63) is 101 Å². The monoisotopic (exact) mass is 578 g/mol. The van der Waals surface area contributed by atoms with Crippen LogP contribution < -0.4 is 21.1 Å². The number of rotatable bonds is 10. The lowest BCUT2D eigenvalue weighted by Gasteiger charge is -2.14. The molecule has 0 saturated carbocycles. The van der Waals surface area contributed by atoms with E-state index in [2.05, 4.69) is 37.7 Å². The van der Waals surface area contributed by atoms with Crippen LogP contribution in [0.15, 0.2) is 82.9 Å². The number of nitrogens with zero attached hydrogens (tertiary/aromatic N) is 3. The van der Waals surface area contributed by atoms with Crippen LogP contribution >= 0.6 is 11.3 Å². The predicted molar refractivity (Wildman–Crippen MR) is 162 cm³/mol. The van der Waals surface area contributed by atoms with Gasteiger partial charge in [-0.25, -0.2) is 18.8 Å². The largest absolute Gasteiger partial charge is 0.493 e. The van der Waals surface area contributed by atoms with Gasteiger partial charge in [0.25, 0.3) is 5.91 Å². The van der Waals surface area contributed by atoms with E-state index >= 15 is 0 Å². The van der Waals surface area contributed by atoms with Gasteiger partial charge in [0.1, 0.15) is 29.3 Å². The number of aliphatic imine (C=N–C) groups is 2. The van der Waals surface area contributed by atoms with Gasteiger partial charge in [-0.15, -0.1) is 11.3 Å².